The second-order valence-corrected chi connectivity index (χ2v) is 12.4. The number of guanidine groups is 1. The summed E-state index contributed by atoms with van der Waals surface area (Å²) in [6, 6.07) is 1.42. The Balaban J connectivity index is 1.77. The molecular formula is C31H48N8O7. The summed E-state index contributed by atoms with van der Waals surface area (Å²) in [6.45, 7) is 4.74. The third-order valence-corrected chi connectivity index (χ3v) is 8.27. The lowest BCUT2D eigenvalue weighted by Gasteiger charge is -2.32. The number of phenols is 1. The Labute approximate surface area is 268 Å². The number of phenolic OH excluding ortho intramolecular Hbond substituents is 1. The van der Waals surface area contributed by atoms with E-state index >= 15 is 0 Å². The Kier molecular flexibility index (Phi) is 13.2. The molecule has 4 amide bonds. The lowest BCUT2D eigenvalue weighted by molar-refractivity contribution is -0.145. The number of aliphatic imine (C=N–C) groups is 1. The van der Waals surface area contributed by atoms with Crippen LogP contribution in [0.15, 0.2) is 29.3 Å². The zero-order chi connectivity index (χ0) is 34.0. The van der Waals surface area contributed by atoms with E-state index in [4.69, 9.17) is 17.2 Å². The van der Waals surface area contributed by atoms with E-state index in [0.29, 0.717) is 50.6 Å². The van der Waals surface area contributed by atoms with Crippen molar-refractivity contribution in [2.24, 2.45) is 28.1 Å². The molecular weight excluding hydrogens is 596 g/mol. The van der Waals surface area contributed by atoms with Crippen molar-refractivity contribution >= 4 is 35.6 Å². The first-order valence-corrected chi connectivity index (χ1v) is 15.8. The van der Waals surface area contributed by atoms with Crippen molar-refractivity contribution in [2.75, 3.05) is 19.6 Å². The molecule has 2 aliphatic heterocycles. The van der Waals surface area contributed by atoms with Gasteiger partial charge in [0.05, 0.1) is 6.04 Å². The van der Waals surface area contributed by atoms with Crippen molar-refractivity contribution in [3.8, 4) is 5.75 Å². The first kappa shape index (κ1) is 36.1. The van der Waals surface area contributed by atoms with Crippen LogP contribution < -0.4 is 27.8 Å². The number of hydrogen-bond acceptors (Lipinski definition) is 8. The number of rotatable bonds is 15. The van der Waals surface area contributed by atoms with E-state index in [1.54, 1.807) is 12.1 Å². The standard InChI is InChI=1S/C31H48N8O7/c1-18(2)16-21(32)28(43)38-14-4-7-24(38)27(42)37-23(17-19-9-11-20(40)12-10-19)29(44)39-15-5-8-25(39)26(41)36-22(30(45)46)6-3-13-35-31(33)34/h9-12,18,21-25,40H,3-8,13-17,32H2,1-2H3,(H,36,41)(H,37,42)(H,45,46)(H4,33,34,35)/t21-,22-,23-,24-,25-/m0/s1. The molecule has 0 aliphatic carbocycles. The highest BCUT2D eigenvalue weighted by Gasteiger charge is 2.41. The number of likely N-dealkylation sites (tertiary alicyclic amines) is 2. The summed E-state index contributed by atoms with van der Waals surface area (Å²) in [7, 11) is 0. The fourth-order valence-corrected chi connectivity index (χ4v) is 5.99. The largest absolute Gasteiger partial charge is 0.508 e. The van der Waals surface area contributed by atoms with E-state index in [9.17, 15) is 34.2 Å². The lowest BCUT2D eigenvalue weighted by Crippen LogP contribution is -2.58. The van der Waals surface area contributed by atoms with Crippen LogP contribution in [0.2, 0.25) is 0 Å². The number of carboxylic acid groups (broad SMARTS) is 1. The molecule has 2 saturated heterocycles. The number of nitrogens with two attached hydrogens (primary N) is 3. The smallest absolute Gasteiger partial charge is 0.326 e. The Hall–Kier alpha value is -4.40. The fraction of sp³-hybridized carbons (Fsp3) is 0.613. The average Bonchev–Trinajstić information content (AvgIpc) is 3.68. The average molecular weight is 645 g/mol. The number of nitrogens with one attached hydrogen (secondary N) is 2. The Morgan fingerprint density at radius 2 is 1.46 bits per heavy atom. The Morgan fingerprint density at radius 1 is 0.913 bits per heavy atom. The molecule has 46 heavy (non-hydrogen) atoms. The van der Waals surface area contributed by atoms with E-state index in [2.05, 4.69) is 15.6 Å². The van der Waals surface area contributed by atoms with Gasteiger partial charge in [0.2, 0.25) is 23.6 Å². The van der Waals surface area contributed by atoms with E-state index in [1.807, 2.05) is 13.8 Å². The summed E-state index contributed by atoms with van der Waals surface area (Å²) < 4.78 is 0. The predicted octanol–water partition coefficient (Wildman–Crippen LogP) is -0.602. The number of amides is 4. The molecule has 0 aromatic heterocycles. The first-order chi connectivity index (χ1) is 21.8. The minimum atomic E-state index is -1.23. The molecule has 5 atom stereocenters. The van der Waals surface area contributed by atoms with E-state index < -0.39 is 53.9 Å². The van der Waals surface area contributed by atoms with E-state index in [0.717, 1.165) is 0 Å². The maximum Gasteiger partial charge on any atom is 0.326 e. The maximum absolute atomic E-state index is 14.0. The van der Waals surface area contributed by atoms with Crippen LogP contribution in [0, 0.1) is 5.92 Å². The van der Waals surface area contributed by atoms with Gasteiger partial charge in [-0.15, -0.1) is 0 Å². The van der Waals surface area contributed by atoms with Gasteiger partial charge in [-0.2, -0.15) is 0 Å². The van der Waals surface area contributed by atoms with Gasteiger partial charge in [0.15, 0.2) is 5.96 Å². The topological polar surface area (TPSA) is 247 Å². The van der Waals surface area contributed by atoms with Crippen LogP contribution in [0.5, 0.6) is 5.75 Å². The lowest BCUT2D eigenvalue weighted by atomic mass is 10.0. The van der Waals surface area contributed by atoms with Crippen molar-refractivity contribution in [2.45, 2.75) is 95.4 Å². The third-order valence-electron chi connectivity index (χ3n) is 8.27. The molecule has 0 radical (unpaired) electrons. The van der Waals surface area contributed by atoms with Crippen LogP contribution in [0.25, 0.3) is 0 Å². The highest BCUT2D eigenvalue weighted by Crippen LogP contribution is 2.23. The molecule has 2 aliphatic rings. The quantitative estimate of drug-likeness (QED) is 0.0725. The zero-order valence-corrected chi connectivity index (χ0v) is 26.6. The van der Waals surface area contributed by atoms with Crippen molar-refractivity contribution in [1.82, 2.24) is 20.4 Å². The number of hydrogen-bond donors (Lipinski definition) is 7. The summed E-state index contributed by atoms with van der Waals surface area (Å²) in [5.74, 6) is -3.03. The molecule has 15 heteroatoms. The molecule has 254 valence electrons. The van der Waals surface area contributed by atoms with Gasteiger partial charge < -0.3 is 47.8 Å². The molecule has 3 rings (SSSR count). The summed E-state index contributed by atoms with van der Waals surface area (Å²) >= 11 is 0. The van der Waals surface area contributed by atoms with Crippen molar-refractivity contribution in [3.63, 3.8) is 0 Å². The van der Waals surface area contributed by atoms with Crippen LogP contribution in [0.3, 0.4) is 0 Å². The molecule has 1 aromatic rings. The van der Waals surface area contributed by atoms with Gasteiger partial charge in [-0.1, -0.05) is 26.0 Å². The SMILES string of the molecule is CC(C)C[C@H](N)C(=O)N1CCC[C@H]1C(=O)N[C@@H](Cc1ccc(O)cc1)C(=O)N1CCC[C@H]1C(=O)N[C@@H](CCCN=C(N)N)C(=O)O. The van der Waals surface area contributed by atoms with Gasteiger partial charge in [0, 0.05) is 26.1 Å². The monoisotopic (exact) mass is 644 g/mol. The molecule has 10 N–H and O–H groups in total. The Bertz CT molecular complexity index is 1270. The maximum atomic E-state index is 14.0. The highest BCUT2D eigenvalue weighted by molar-refractivity contribution is 5.96. The van der Waals surface area contributed by atoms with Crippen molar-refractivity contribution in [1.29, 1.82) is 0 Å². The van der Waals surface area contributed by atoms with Crippen LogP contribution in [0.1, 0.15) is 64.4 Å². The minimum absolute atomic E-state index is 0.0380. The van der Waals surface area contributed by atoms with Gasteiger partial charge in [-0.25, -0.2) is 4.79 Å². The summed E-state index contributed by atoms with van der Waals surface area (Å²) in [5.41, 5.74) is 17.4. The number of carbonyl (C=O) groups is 5. The molecule has 2 fully saturated rings. The van der Waals surface area contributed by atoms with Gasteiger partial charge >= 0.3 is 5.97 Å². The predicted molar refractivity (Wildman–Crippen MR) is 170 cm³/mol. The first-order valence-electron chi connectivity index (χ1n) is 15.8. The number of aromatic hydroxyl groups is 1. The number of carboxylic acids is 1. The number of nitrogens with zero attached hydrogens (tertiary/aromatic N) is 3. The highest BCUT2D eigenvalue weighted by atomic mass is 16.4. The summed E-state index contributed by atoms with van der Waals surface area (Å²) in [6.07, 6.45) is 2.78. The fourth-order valence-electron chi connectivity index (χ4n) is 5.99. The molecule has 0 spiro atoms. The summed E-state index contributed by atoms with van der Waals surface area (Å²) in [4.78, 5) is 72.7. The molecule has 15 nitrogen and oxygen atoms in total. The molecule has 0 unspecified atom stereocenters. The van der Waals surface area contributed by atoms with Crippen LogP contribution in [0.4, 0.5) is 0 Å². The molecule has 2 heterocycles. The number of aliphatic carboxylic acids is 1. The second kappa shape index (κ2) is 16.8. The van der Waals surface area contributed by atoms with E-state index in [-0.39, 0.29) is 49.5 Å². The summed E-state index contributed by atoms with van der Waals surface area (Å²) in [5, 5.41) is 24.8. The minimum Gasteiger partial charge on any atom is -0.508 e. The Morgan fingerprint density at radius 3 is 1.98 bits per heavy atom. The van der Waals surface area contributed by atoms with Crippen molar-refractivity contribution in [3.05, 3.63) is 29.8 Å². The van der Waals surface area contributed by atoms with Gasteiger partial charge in [0.1, 0.15) is 29.9 Å². The van der Waals surface area contributed by atoms with Crippen LogP contribution >= 0.6 is 0 Å². The normalized spacial score (nSPS) is 19.7. The van der Waals surface area contributed by atoms with Gasteiger partial charge in [-0.05, 0) is 68.6 Å². The van der Waals surface area contributed by atoms with Crippen molar-refractivity contribution < 1.29 is 34.2 Å². The second-order valence-electron chi connectivity index (χ2n) is 12.4. The molecule has 0 bridgehead atoms. The third kappa shape index (κ3) is 10.1. The zero-order valence-electron chi connectivity index (χ0n) is 26.6. The van der Waals surface area contributed by atoms with Crippen LogP contribution in [-0.4, -0.2) is 105 Å². The van der Waals surface area contributed by atoms with Gasteiger partial charge in [-0.3, -0.25) is 24.2 Å². The van der Waals surface area contributed by atoms with E-state index in [1.165, 1.54) is 21.9 Å². The van der Waals surface area contributed by atoms with Crippen LogP contribution in [-0.2, 0) is 30.4 Å². The number of carbonyl (C=O) groups excluding carboxylic acids is 4. The molecule has 1 aromatic carbocycles. The molecule has 0 saturated carbocycles. The number of benzene rings is 1. The van der Waals surface area contributed by atoms with Gasteiger partial charge in [0.25, 0.3) is 0 Å².